The van der Waals surface area contributed by atoms with E-state index in [4.69, 9.17) is 11.6 Å². The lowest BCUT2D eigenvalue weighted by atomic mass is 9.61. The number of hydrogen-bond donors (Lipinski definition) is 0. The molecular weight excluding hydrogens is 262 g/mol. The van der Waals surface area contributed by atoms with Crippen molar-refractivity contribution in [1.82, 2.24) is 0 Å². The first-order chi connectivity index (χ1) is 8.67. The summed E-state index contributed by atoms with van der Waals surface area (Å²) < 4.78 is -0.227. The van der Waals surface area contributed by atoms with E-state index in [0.717, 1.165) is 22.8 Å². The molecule has 1 spiro atoms. The van der Waals surface area contributed by atoms with Crippen LogP contribution in [0.2, 0.25) is 5.02 Å². The van der Waals surface area contributed by atoms with Crippen LogP contribution in [0.25, 0.3) is 0 Å². The summed E-state index contributed by atoms with van der Waals surface area (Å²) >= 11 is 7.86. The van der Waals surface area contributed by atoms with Crippen LogP contribution in [0.15, 0.2) is 29.2 Å². The molecule has 0 bridgehead atoms. The summed E-state index contributed by atoms with van der Waals surface area (Å²) in [6, 6.07) is 10.4. The van der Waals surface area contributed by atoms with Gasteiger partial charge in [0, 0.05) is 4.90 Å². The molecule has 1 aromatic rings. The Balaban J connectivity index is 1.76. The number of hydrogen-bond acceptors (Lipinski definition) is 2. The Morgan fingerprint density at radius 3 is 2.44 bits per heavy atom. The topological polar surface area (TPSA) is 23.8 Å². The second-order valence-corrected chi connectivity index (χ2v) is 7.53. The zero-order chi connectivity index (χ0) is 12.6. The first-order valence-electron chi connectivity index (χ1n) is 6.52. The second kappa shape index (κ2) is 4.47. The summed E-state index contributed by atoms with van der Waals surface area (Å²) in [6.07, 6.45) is 7.42. The van der Waals surface area contributed by atoms with Gasteiger partial charge < -0.3 is 0 Å². The Kier molecular flexibility index (Phi) is 3.08. The molecule has 0 radical (unpaired) electrons. The summed E-state index contributed by atoms with van der Waals surface area (Å²) in [5.74, 6) is 0. The first-order valence-corrected chi connectivity index (χ1v) is 7.71. The highest BCUT2D eigenvalue weighted by Gasteiger charge is 2.56. The van der Waals surface area contributed by atoms with Crippen molar-refractivity contribution < 1.29 is 0 Å². The van der Waals surface area contributed by atoms with E-state index in [2.05, 4.69) is 6.07 Å². The quantitative estimate of drug-likeness (QED) is 0.755. The van der Waals surface area contributed by atoms with Crippen molar-refractivity contribution in [2.75, 3.05) is 0 Å². The van der Waals surface area contributed by atoms with Gasteiger partial charge in [-0.05, 0) is 43.2 Å². The number of benzene rings is 1. The highest BCUT2D eigenvalue weighted by Crippen LogP contribution is 2.64. The Bertz CT molecular complexity index is 491. The van der Waals surface area contributed by atoms with Crippen molar-refractivity contribution in [3.63, 3.8) is 0 Å². The molecule has 1 aromatic carbocycles. The van der Waals surface area contributed by atoms with Crippen molar-refractivity contribution in [1.29, 1.82) is 5.26 Å². The van der Waals surface area contributed by atoms with Gasteiger partial charge in [0.05, 0.1) is 11.1 Å². The summed E-state index contributed by atoms with van der Waals surface area (Å²) in [7, 11) is 0. The Morgan fingerprint density at radius 2 is 1.83 bits per heavy atom. The largest absolute Gasteiger partial charge is 0.197 e. The maximum atomic E-state index is 9.52. The molecule has 3 heteroatoms. The smallest absolute Gasteiger partial charge is 0.108 e. The lowest BCUT2D eigenvalue weighted by Gasteiger charge is -2.50. The van der Waals surface area contributed by atoms with Crippen LogP contribution in [0.1, 0.15) is 38.5 Å². The van der Waals surface area contributed by atoms with Crippen molar-refractivity contribution in [3.05, 3.63) is 29.3 Å². The molecule has 0 aliphatic heterocycles. The molecule has 0 amide bonds. The number of nitriles is 1. The Hall–Kier alpha value is -0.650. The molecule has 0 aromatic heterocycles. The average Bonchev–Trinajstić information content (AvgIpc) is 2.80. The van der Waals surface area contributed by atoms with Crippen LogP contribution in [0.3, 0.4) is 0 Å². The number of nitrogens with zero attached hydrogens (tertiary/aromatic N) is 1. The maximum Gasteiger partial charge on any atom is 0.108 e. The molecule has 0 saturated heterocycles. The van der Waals surface area contributed by atoms with Gasteiger partial charge >= 0.3 is 0 Å². The van der Waals surface area contributed by atoms with Gasteiger partial charge in [0.2, 0.25) is 0 Å². The Labute approximate surface area is 118 Å². The lowest BCUT2D eigenvalue weighted by Crippen LogP contribution is -2.47. The van der Waals surface area contributed by atoms with E-state index in [-0.39, 0.29) is 4.75 Å². The minimum atomic E-state index is -0.227. The number of halogens is 1. The van der Waals surface area contributed by atoms with E-state index in [1.165, 1.54) is 25.7 Å². The van der Waals surface area contributed by atoms with Gasteiger partial charge in [-0.15, -0.1) is 11.8 Å². The van der Waals surface area contributed by atoms with Crippen molar-refractivity contribution in [2.45, 2.75) is 48.2 Å². The molecule has 0 atom stereocenters. The van der Waals surface area contributed by atoms with Gasteiger partial charge in [-0.25, -0.2) is 0 Å². The van der Waals surface area contributed by atoms with Gasteiger partial charge in [0.25, 0.3) is 0 Å². The predicted octanol–water partition coefficient (Wildman–Crippen LogP) is 5.05. The predicted molar refractivity (Wildman–Crippen MR) is 75.8 cm³/mol. The fraction of sp³-hybridized carbons (Fsp3) is 0.533. The molecule has 0 unspecified atom stereocenters. The molecule has 2 aliphatic rings. The van der Waals surface area contributed by atoms with Crippen LogP contribution in [-0.4, -0.2) is 4.75 Å². The van der Waals surface area contributed by atoms with E-state index in [0.29, 0.717) is 5.41 Å². The van der Waals surface area contributed by atoms with E-state index >= 15 is 0 Å². The fourth-order valence-electron chi connectivity index (χ4n) is 3.55. The van der Waals surface area contributed by atoms with E-state index in [9.17, 15) is 5.26 Å². The maximum absolute atomic E-state index is 9.52. The zero-order valence-corrected chi connectivity index (χ0v) is 11.9. The normalized spacial score (nSPS) is 23.6. The number of rotatable bonds is 2. The molecule has 94 valence electrons. The highest BCUT2D eigenvalue weighted by molar-refractivity contribution is 8.01. The van der Waals surface area contributed by atoms with Crippen LogP contribution < -0.4 is 0 Å². The molecule has 0 N–H and O–H groups in total. The summed E-state index contributed by atoms with van der Waals surface area (Å²) in [5, 5.41) is 10.3. The SMILES string of the molecule is N#CC1(Sc2ccccc2Cl)CC2(CCCC2)C1. The fourth-order valence-corrected chi connectivity index (χ4v) is 5.34. The standard InChI is InChI=1S/C15H16ClNS/c16-12-5-1-2-6-13(12)18-15(11-17)9-14(10-15)7-3-4-8-14/h1-2,5-6H,3-4,7-10H2. The van der Waals surface area contributed by atoms with Crippen LogP contribution >= 0.6 is 23.4 Å². The second-order valence-electron chi connectivity index (χ2n) is 5.70. The van der Waals surface area contributed by atoms with Gasteiger partial charge in [0.1, 0.15) is 4.75 Å². The van der Waals surface area contributed by atoms with Crippen molar-refractivity contribution in [2.24, 2.45) is 5.41 Å². The van der Waals surface area contributed by atoms with Crippen molar-refractivity contribution >= 4 is 23.4 Å². The van der Waals surface area contributed by atoms with Crippen LogP contribution in [0, 0.1) is 16.7 Å². The van der Waals surface area contributed by atoms with Crippen LogP contribution in [-0.2, 0) is 0 Å². The van der Waals surface area contributed by atoms with Gasteiger partial charge in [0.15, 0.2) is 0 Å². The van der Waals surface area contributed by atoms with E-state index < -0.39 is 0 Å². The van der Waals surface area contributed by atoms with Crippen LogP contribution in [0.5, 0.6) is 0 Å². The van der Waals surface area contributed by atoms with Crippen LogP contribution in [0.4, 0.5) is 0 Å². The monoisotopic (exact) mass is 277 g/mol. The molecular formula is C15H16ClNS. The zero-order valence-electron chi connectivity index (χ0n) is 10.3. The highest BCUT2D eigenvalue weighted by atomic mass is 35.5. The minimum Gasteiger partial charge on any atom is -0.197 e. The Morgan fingerprint density at radius 1 is 1.17 bits per heavy atom. The third-order valence-electron chi connectivity index (χ3n) is 4.33. The van der Waals surface area contributed by atoms with E-state index in [1.807, 2.05) is 24.3 Å². The van der Waals surface area contributed by atoms with E-state index in [1.54, 1.807) is 11.8 Å². The molecule has 2 saturated carbocycles. The number of thioether (sulfide) groups is 1. The third-order valence-corrected chi connectivity index (χ3v) is 6.12. The molecule has 2 fully saturated rings. The molecule has 0 heterocycles. The first kappa shape index (κ1) is 12.4. The lowest BCUT2D eigenvalue weighted by molar-refractivity contribution is 0.119. The summed E-state index contributed by atoms with van der Waals surface area (Å²) in [5.41, 5.74) is 0.490. The molecule has 3 rings (SSSR count). The summed E-state index contributed by atoms with van der Waals surface area (Å²) in [4.78, 5) is 1.05. The van der Waals surface area contributed by atoms with Gasteiger partial charge in [-0.1, -0.05) is 36.6 Å². The van der Waals surface area contributed by atoms with Gasteiger partial charge in [-0.2, -0.15) is 5.26 Å². The van der Waals surface area contributed by atoms with Gasteiger partial charge in [-0.3, -0.25) is 0 Å². The average molecular weight is 278 g/mol. The minimum absolute atomic E-state index is 0.227. The van der Waals surface area contributed by atoms with Crippen molar-refractivity contribution in [3.8, 4) is 6.07 Å². The molecule has 2 aliphatic carbocycles. The molecule has 1 nitrogen and oxygen atoms in total. The summed E-state index contributed by atoms with van der Waals surface area (Å²) in [6.45, 7) is 0. The third kappa shape index (κ3) is 2.04. The molecule has 18 heavy (non-hydrogen) atoms.